The Morgan fingerprint density at radius 1 is 0.941 bits per heavy atom. The number of hydrogen-bond acceptors (Lipinski definition) is 2. The van der Waals surface area contributed by atoms with Crippen molar-refractivity contribution in [2.75, 3.05) is 0 Å². The highest BCUT2D eigenvalue weighted by Gasteiger charge is 1.97. The van der Waals surface area contributed by atoms with Crippen LogP contribution in [0, 0.1) is 0 Å². The van der Waals surface area contributed by atoms with Crippen molar-refractivity contribution in [2.45, 2.75) is 0 Å². The summed E-state index contributed by atoms with van der Waals surface area (Å²) in [5, 5.41) is 3.28. The first-order chi connectivity index (χ1) is 8.43. The molecule has 0 radical (unpaired) electrons. The fourth-order valence-corrected chi connectivity index (χ4v) is 2.44. The minimum atomic E-state index is 1.04. The minimum Gasteiger partial charge on any atom is -0.256 e. The fraction of sp³-hybridized carbons (Fsp3) is 0. The second-order valence-electron chi connectivity index (χ2n) is 3.77. The number of thiophene rings is 1. The van der Waals surface area contributed by atoms with E-state index in [1.54, 1.807) is 11.3 Å². The molecule has 0 saturated carbocycles. The highest BCUT2D eigenvalue weighted by Crippen LogP contribution is 2.19. The number of pyridine rings is 1. The fourth-order valence-electron chi connectivity index (χ4n) is 1.82. The van der Waals surface area contributed by atoms with E-state index in [0.29, 0.717) is 0 Å². The highest BCUT2D eigenvalue weighted by atomic mass is 32.1. The van der Waals surface area contributed by atoms with Crippen LogP contribution in [-0.2, 0) is 0 Å². The average Bonchev–Trinajstić information content (AvgIpc) is 2.89. The number of fused-ring (bicyclic) bond motifs is 1. The maximum atomic E-state index is 4.36. The van der Waals surface area contributed by atoms with Gasteiger partial charge in [0.1, 0.15) is 0 Å². The summed E-state index contributed by atoms with van der Waals surface area (Å²) in [6, 6.07) is 14.4. The lowest BCUT2D eigenvalue weighted by atomic mass is 10.1. The molecule has 1 nitrogen and oxygen atoms in total. The highest BCUT2D eigenvalue weighted by molar-refractivity contribution is 7.10. The summed E-state index contributed by atoms with van der Waals surface area (Å²) in [6.45, 7) is 0. The third kappa shape index (κ3) is 2.12. The van der Waals surface area contributed by atoms with E-state index in [9.17, 15) is 0 Å². The first kappa shape index (κ1) is 10.2. The Kier molecular flexibility index (Phi) is 2.72. The van der Waals surface area contributed by atoms with Crippen molar-refractivity contribution >= 4 is 34.4 Å². The normalized spacial score (nSPS) is 11.3. The Morgan fingerprint density at radius 2 is 1.88 bits per heavy atom. The van der Waals surface area contributed by atoms with Crippen molar-refractivity contribution in [3.8, 4) is 0 Å². The van der Waals surface area contributed by atoms with Crippen LogP contribution in [0.3, 0.4) is 0 Å². The Bertz CT molecular complexity index is 648. The first-order valence-electron chi connectivity index (χ1n) is 5.49. The van der Waals surface area contributed by atoms with Gasteiger partial charge in [0, 0.05) is 16.5 Å². The van der Waals surface area contributed by atoms with Crippen molar-refractivity contribution in [3.05, 3.63) is 64.5 Å². The SMILES string of the molecule is C(=C/c1ccnc2ccccc12)/c1cccs1. The van der Waals surface area contributed by atoms with Crippen molar-refractivity contribution in [2.24, 2.45) is 0 Å². The molecular formula is C15H11NS. The van der Waals surface area contributed by atoms with E-state index in [0.717, 1.165) is 5.52 Å². The van der Waals surface area contributed by atoms with E-state index >= 15 is 0 Å². The van der Waals surface area contributed by atoms with Gasteiger partial charge in [0.2, 0.25) is 0 Å². The maximum Gasteiger partial charge on any atom is 0.0707 e. The summed E-state index contributed by atoms with van der Waals surface area (Å²) >= 11 is 1.75. The molecule has 0 aliphatic carbocycles. The molecule has 3 rings (SSSR count). The summed E-state index contributed by atoms with van der Waals surface area (Å²) in [5.74, 6) is 0. The van der Waals surface area contributed by atoms with Crippen LogP contribution < -0.4 is 0 Å². The molecule has 82 valence electrons. The molecule has 0 unspecified atom stereocenters. The predicted molar refractivity (Wildman–Crippen MR) is 75.0 cm³/mol. The lowest BCUT2D eigenvalue weighted by molar-refractivity contribution is 1.41. The van der Waals surface area contributed by atoms with Gasteiger partial charge < -0.3 is 0 Å². The standard InChI is InChI=1S/C15H11NS/c1-2-6-15-14(5-1)12(9-10-16-15)7-8-13-4-3-11-17-13/h1-11H/b8-7-. The van der Waals surface area contributed by atoms with Gasteiger partial charge in [0.05, 0.1) is 5.52 Å². The number of para-hydroxylation sites is 1. The Labute approximate surface area is 104 Å². The zero-order chi connectivity index (χ0) is 11.5. The number of benzene rings is 1. The Morgan fingerprint density at radius 3 is 2.76 bits per heavy atom. The number of aromatic nitrogens is 1. The van der Waals surface area contributed by atoms with Crippen LogP contribution in [0.4, 0.5) is 0 Å². The van der Waals surface area contributed by atoms with Gasteiger partial charge in [0.25, 0.3) is 0 Å². The predicted octanol–water partition coefficient (Wildman–Crippen LogP) is 4.47. The van der Waals surface area contributed by atoms with Gasteiger partial charge >= 0.3 is 0 Å². The molecule has 0 aliphatic rings. The summed E-state index contributed by atoms with van der Waals surface area (Å²) in [4.78, 5) is 5.62. The monoisotopic (exact) mass is 237 g/mol. The molecule has 0 fully saturated rings. The van der Waals surface area contributed by atoms with Gasteiger partial charge in [-0.2, -0.15) is 0 Å². The van der Waals surface area contributed by atoms with Crippen LogP contribution >= 0.6 is 11.3 Å². The molecule has 17 heavy (non-hydrogen) atoms. The van der Waals surface area contributed by atoms with Gasteiger partial charge in [-0.1, -0.05) is 30.3 Å². The van der Waals surface area contributed by atoms with E-state index in [1.807, 2.05) is 30.5 Å². The Hall–Kier alpha value is -1.93. The van der Waals surface area contributed by atoms with Gasteiger partial charge in [0.15, 0.2) is 0 Å². The number of rotatable bonds is 2. The minimum absolute atomic E-state index is 1.04. The van der Waals surface area contributed by atoms with E-state index in [1.165, 1.54) is 15.8 Å². The first-order valence-corrected chi connectivity index (χ1v) is 6.37. The van der Waals surface area contributed by atoms with Gasteiger partial charge in [-0.15, -0.1) is 11.3 Å². The van der Waals surface area contributed by atoms with Crippen molar-refractivity contribution < 1.29 is 0 Å². The number of nitrogens with zero attached hydrogens (tertiary/aromatic N) is 1. The third-order valence-electron chi connectivity index (χ3n) is 2.65. The molecule has 3 aromatic rings. The molecule has 0 saturated heterocycles. The molecule has 0 bridgehead atoms. The zero-order valence-electron chi connectivity index (χ0n) is 9.21. The lowest BCUT2D eigenvalue weighted by Gasteiger charge is -2.00. The van der Waals surface area contributed by atoms with Crippen molar-refractivity contribution in [1.82, 2.24) is 4.98 Å². The van der Waals surface area contributed by atoms with E-state index < -0.39 is 0 Å². The zero-order valence-corrected chi connectivity index (χ0v) is 10.0. The van der Waals surface area contributed by atoms with Crippen LogP contribution in [0.5, 0.6) is 0 Å². The summed E-state index contributed by atoms with van der Waals surface area (Å²) in [6.07, 6.45) is 6.15. The van der Waals surface area contributed by atoms with E-state index in [4.69, 9.17) is 0 Å². The molecule has 2 heterocycles. The summed E-state index contributed by atoms with van der Waals surface area (Å²) < 4.78 is 0. The molecular weight excluding hydrogens is 226 g/mol. The molecule has 0 aliphatic heterocycles. The second-order valence-corrected chi connectivity index (χ2v) is 4.75. The second kappa shape index (κ2) is 4.52. The molecule has 0 N–H and O–H groups in total. The van der Waals surface area contributed by atoms with Gasteiger partial charge in [-0.25, -0.2) is 0 Å². The maximum absolute atomic E-state index is 4.36. The lowest BCUT2D eigenvalue weighted by Crippen LogP contribution is -1.81. The summed E-state index contributed by atoms with van der Waals surface area (Å²) in [7, 11) is 0. The average molecular weight is 237 g/mol. The van der Waals surface area contributed by atoms with Crippen LogP contribution in [-0.4, -0.2) is 4.98 Å². The van der Waals surface area contributed by atoms with Gasteiger partial charge in [-0.3, -0.25) is 4.98 Å². The molecule has 1 aromatic carbocycles. The Balaban J connectivity index is 2.06. The molecule has 2 heteroatoms. The van der Waals surface area contributed by atoms with Gasteiger partial charge in [-0.05, 0) is 35.2 Å². The molecule has 2 aromatic heterocycles. The third-order valence-corrected chi connectivity index (χ3v) is 3.49. The van der Waals surface area contributed by atoms with Crippen LogP contribution in [0.1, 0.15) is 10.4 Å². The molecule has 0 atom stereocenters. The van der Waals surface area contributed by atoms with E-state index in [2.05, 4.69) is 40.7 Å². The van der Waals surface area contributed by atoms with Crippen molar-refractivity contribution in [1.29, 1.82) is 0 Å². The van der Waals surface area contributed by atoms with E-state index in [-0.39, 0.29) is 0 Å². The summed E-state index contributed by atoms with van der Waals surface area (Å²) in [5.41, 5.74) is 2.25. The molecule has 0 amide bonds. The topological polar surface area (TPSA) is 12.9 Å². The van der Waals surface area contributed by atoms with Crippen molar-refractivity contribution in [3.63, 3.8) is 0 Å². The number of hydrogen-bond donors (Lipinski definition) is 0. The quantitative estimate of drug-likeness (QED) is 0.641. The molecule has 0 spiro atoms. The van der Waals surface area contributed by atoms with Crippen LogP contribution in [0.25, 0.3) is 23.1 Å². The van der Waals surface area contributed by atoms with Crippen LogP contribution in [0.15, 0.2) is 54.0 Å². The largest absolute Gasteiger partial charge is 0.256 e. The smallest absolute Gasteiger partial charge is 0.0707 e. The van der Waals surface area contributed by atoms with Crippen LogP contribution in [0.2, 0.25) is 0 Å².